The Hall–Kier alpha value is -1.62. The molecule has 0 amide bonds. The second kappa shape index (κ2) is 3.40. The zero-order chi connectivity index (χ0) is 9.10. The lowest BCUT2D eigenvalue weighted by Crippen LogP contribution is -2.25. The normalized spacial score (nSPS) is 15.5. The van der Waals surface area contributed by atoms with Crippen molar-refractivity contribution in [2.24, 2.45) is 10.4 Å². The van der Waals surface area contributed by atoms with E-state index >= 15 is 0 Å². The van der Waals surface area contributed by atoms with E-state index in [1.54, 1.807) is 5.01 Å². The maximum Gasteiger partial charge on any atom is 0.135 e. The molecule has 1 N–H and O–H groups in total. The first-order chi connectivity index (χ1) is 6.40. The van der Waals surface area contributed by atoms with Crippen LogP contribution in [0.1, 0.15) is 0 Å². The van der Waals surface area contributed by atoms with Crippen molar-refractivity contribution < 1.29 is 5.11 Å². The fourth-order valence-corrected chi connectivity index (χ4v) is 1.12. The Balaban J connectivity index is 2.09. The number of rotatable bonds is 2. The van der Waals surface area contributed by atoms with Gasteiger partial charge in [-0.25, -0.2) is 10.0 Å². The van der Waals surface area contributed by atoms with E-state index in [1.807, 2.05) is 30.3 Å². The molecule has 0 saturated carbocycles. The van der Waals surface area contributed by atoms with Crippen LogP contribution in [0.25, 0.3) is 0 Å². The van der Waals surface area contributed by atoms with Crippen LogP contribution < -0.4 is 5.01 Å². The van der Waals surface area contributed by atoms with Gasteiger partial charge in [0.2, 0.25) is 0 Å². The average molecular weight is 178 g/mol. The molecule has 0 bridgehead atoms. The van der Waals surface area contributed by atoms with Crippen molar-refractivity contribution in [1.29, 1.82) is 0 Å². The van der Waals surface area contributed by atoms with Gasteiger partial charge in [0, 0.05) is 0 Å². The second-order valence-electron chi connectivity index (χ2n) is 2.70. The minimum Gasteiger partial charge on any atom is -0.375 e. The largest absolute Gasteiger partial charge is 0.375 e. The van der Waals surface area contributed by atoms with Crippen molar-refractivity contribution in [2.45, 2.75) is 0 Å². The average Bonchev–Trinajstić information content (AvgIpc) is 2.67. The molecule has 2 rings (SSSR count). The van der Waals surface area contributed by atoms with Gasteiger partial charge in [-0.15, -0.1) is 0 Å². The van der Waals surface area contributed by atoms with Crippen molar-refractivity contribution in [3.8, 4) is 0 Å². The summed E-state index contributed by atoms with van der Waals surface area (Å²) in [7, 11) is 0. The van der Waals surface area contributed by atoms with Gasteiger partial charge < -0.3 is 5.11 Å². The number of anilines is 1. The highest BCUT2D eigenvalue weighted by molar-refractivity contribution is 5.44. The summed E-state index contributed by atoms with van der Waals surface area (Å²) in [5.74, 6) is 0. The Morgan fingerprint density at radius 2 is 2.00 bits per heavy atom. The molecule has 0 saturated heterocycles. The molecule has 0 aromatic heterocycles. The minimum absolute atomic E-state index is 0.104. The molecule has 5 nitrogen and oxygen atoms in total. The molecule has 5 heteroatoms. The number of hydrogen-bond donors (Lipinski definition) is 1. The van der Waals surface area contributed by atoms with Gasteiger partial charge in [-0.3, -0.25) is 0 Å². The lowest BCUT2D eigenvalue weighted by molar-refractivity contribution is 0.121. The number of para-hydroxylation sites is 1. The van der Waals surface area contributed by atoms with Crippen LogP contribution in [0.4, 0.5) is 5.69 Å². The van der Waals surface area contributed by atoms with Gasteiger partial charge in [-0.2, -0.15) is 0 Å². The summed E-state index contributed by atoms with van der Waals surface area (Å²) < 4.78 is 0. The molecule has 0 spiro atoms. The number of nitrogens with zero attached hydrogens (tertiary/aromatic N) is 4. The molecular formula is C8H10N4O. The maximum atomic E-state index is 8.78. The molecule has 0 atom stereocenters. The molecule has 0 unspecified atom stereocenters. The third-order valence-corrected chi connectivity index (χ3v) is 1.79. The van der Waals surface area contributed by atoms with Crippen molar-refractivity contribution >= 4 is 5.69 Å². The Morgan fingerprint density at radius 3 is 2.62 bits per heavy atom. The van der Waals surface area contributed by atoms with E-state index in [-0.39, 0.29) is 6.73 Å². The van der Waals surface area contributed by atoms with Crippen LogP contribution >= 0.6 is 0 Å². The predicted octanol–water partition coefficient (Wildman–Crippen LogP) is 0.998. The van der Waals surface area contributed by atoms with Crippen molar-refractivity contribution in [1.82, 2.24) is 5.01 Å². The monoisotopic (exact) mass is 178 g/mol. The summed E-state index contributed by atoms with van der Waals surface area (Å²) in [4.78, 5) is 0. The number of aliphatic hydroxyl groups is 1. The molecule has 0 aliphatic carbocycles. The fraction of sp³-hybridized carbons (Fsp3) is 0.250. The van der Waals surface area contributed by atoms with E-state index in [4.69, 9.17) is 5.11 Å². The van der Waals surface area contributed by atoms with E-state index in [9.17, 15) is 0 Å². The Morgan fingerprint density at radius 1 is 1.23 bits per heavy atom. The predicted molar refractivity (Wildman–Crippen MR) is 47.6 cm³/mol. The summed E-state index contributed by atoms with van der Waals surface area (Å²) in [5, 5.41) is 19.6. The van der Waals surface area contributed by atoms with Gasteiger partial charge in [-0.1, -0.05) is 18.2 Å². The molecular weight excluding hydrogens is 168 g/mol. The zero-order valence-electron chi connectivity index (χ0n) is 7.04. The lowest BCUT2D eigenvalue weighted by atomic mass is 10.3. The van der Waals surface area contributed by atoms with Crippen LogP contribution in [0.3, 0.4) is 0 Å². The van der Waals surface area contributed by atoms with Crippen molar-refractivity contribution in [3.05, 3.63) is 30.3 Å². The highest BCUT2D eigenvalue weighted by Gasteiger charge is 2.15. The van der Waals surface area contributed by atoms with E-state index in [2.05, 4.69) is 10.4 Å². The highest BCUT2D eigenvalue weighted by atomic mass is 16.3. The van der Waals surface area contributed by atoms with Crippen LogP contribution in [0, 0.1) is 0 Å². The SMILES string of the molecule is OCN1CN(c2ccccc2)N=N1. The van der Waals surface area contributed by atoms with Gasteiger partial charge >= 0.3 is 0 Å². The second-order valence-corrected chi connectivity index (χ2v) is 2.70. The fourth-order valence-electron chi connectivity index (χ4n) is 1.12. The summed E-state index contributed by atoms with van der Waals surface area (Å²) in [6.45, 7) is 0.396. The van der Waals surface area contributed by atoms with Gasteiger partial charge in [0.1, 0.15) is 13.4 Å². The smallest absolute Gasteiger partial charge is 0.135 e. The zero-order valence-corrected chi connectivity index (χ0v) is 7.04. The van der Waals surface area contributed by atoms with Gasteiger partial charge in [0.25, 0.3) is 0 Å². The number of benzene rings is 1. The molecule has 1 aliphatic rings. The molecule has 1 aliphatic heterocycles. The summed E-state index contributed by atoms with van der Waals surface area (Å²) in [5.41, 5.74) is 0.974. The standard InChI is InChI=1S/C8H10N4O/c13-7-11-6-12(10-9-11)8-4-2-1-3-5-8/h1-5,13H,6-7H2. The van der Waals surface area contributed by atoms with Gasteiger partial charge in [-0.05, 0) is 22.6 Å². The quantitative estimate of drug-likeness (QED) is 0.735. The summed E-state index contributed by atoms with van der Waals surface area (Å²) >= 11 is 0. The van der Waals surface area contributed by atoms with Crippen molar-refractivity contribution in [3.63, 3.8) is 0 Å². The minimum atomic E-state index is -0.104. The Bertz CT molecular complexity index is 300. The number of aliphatic hydroxyl groups excluding tert-OH is 1. The van der Waals surface area contributed by atoms with Gasteiger partial charge in [0.15, 0.2) is 0 Å². The van der Waals surface area contributed by atoms with Crippen LogP contribution in [0.2, 0.25) is 0 Å². The molecule has 68 valence electrons. The molecule has 0 radical (unpaired) electrons. The topological polar surface area (TPSA) is 51.4 Å². The van der Waals surface area contributed by atoms with Crippen molar-refractivity contribution in [2.75, 3.05) is 18.4 Å². The first kappa shape index (κ1) is 8.00. The van der Waals surface area contributed by atoms with Crippen LogP contribution in [0.5, 0.6) is 0 Å². The first-order valence-electron chi connectivity index (χ1n) is 4.00. The molecule has 0 fully saturated rings. The molecule has 1 heterocycles. The van der Waals surface area contributed by atoms with E-state index in [0.29, 0.717) is 6.67 Å². The summed E-state index contributed by atoms with van der Waals surface area (Å²) in [6, 6.07) is 9.71. The maximum absolute atomic E-state index is 8.78. The van der Waals surface area contributed by atoms with E-state index < -0.39 is 0 Å². The Kier molecular flexibility index (Phi) is 2.09. The third-order valence-electron chi connectivity index (χ3n) is 1.79. The van der Waals surface area contributed by atoms with Crippen LogP contribution in [-0.4, -0.2) is 23.5 Å². The van der Waals surface area contributed by atoms with Crippen LogP contribution in [-0.2, 0) is 0 Å². The first-order valence-corrected chi connectivity index (χ1v) is 4.00. The molecule has 1 aromatic rings. The highest BCUT2D eigenvalue weighted by Crippen LogP contribution is 2.18. The van der Waals surface area contributed by atoms with Crippen LogP contribution in [0.15, 0.2) is 40.8 Å². The third kappa shape index (κ3) is 1.59. The Labute approximate surface area is 75.9 Å². The number of hydrogen-bond acceptors (Lipinski definition) is 5. The van der Waals surface area contributed by atoms with Gasteiger partial charge in [0.05, 0.1) is 5.69 Å². The van der Waals surface area contributed by atoms with E-state index in [0.717, 1.165) is 5.69 Å². The molecule has 13 heavy (non-hydrogen) atoms. The summed E-state index contributed by atoms with van der Waals surface area (Å²) in [6.07, 6.45) is 0. The lowest BCUT2D eigenvalue weighted by Gasteiger charge is -2.13. The van der Waals surface area contributed by atoms with E-state index in [1.165, 1.54) is 5.01 Å². The molecule has 1 aromatic carbocycles.